The first kappa shape index (κ1) is 21.1. The number of hydrogen-bond acceptors (Lipinski definition) is 4. The fraction of sp³-hybridized carbons (Fsp3) is 0.250. The van der Waals surface area contributed by atoms with E-state index in [4.69, 9.17) is 5.11 Å². The third kappa shape index (κ3) is 5.13. The molecule has 7 heteroatoms. The quantitative estimate of drug-likeness (QED) is 0.650. The third-order valence-electron chi connectivity index (χ3n) is 5.55. The lowest BCUT2D eigenvalue weighted by atomic mass is 9.96. The summed E-state index contributed by atoms with van der Waals surface area (Å²) < 4.78 is 27.9. The molecule has 0 spiro atoms. The fourth-order valence-corrected chi connectivity index (χ4v) is 4.07. The number of benzene rings is 2. The molecule has 5 nitrogen and oxygen atoms in total. The molecule has 31 heavy (non-hydrogen) atoms. The number of pyridine rings is 1. The Bertz CT molecular complexity index is 1020. The molecule has 0 unspecified atom stereocenters. The Hall–Kier alpha value is -3.16. The SMILES string of the molecule is O=C(O)c1ccnc(CN2CCN(C(c3cccc(F)c3)c3cccc(F)c3)CC2)c1. The summed E-state index contributed by atoms with van der Waals surface area (Å²) in [7, 11) is 0. The van der Waals surface area contributed by atoms with Crippen LogP contribution in [0.25, 0.3) is 0 Å². The van der Waals surface area contributed by atoms with E-state index < -0.39 is 5.97 Å². The summed E-state index contributed by atoms with van der Waals surface area (Å²) in [5.74, 6) is -1.61. The number of carboxylic acids is 1. The summed E-state index contributed by atoms with van der Waals surface area (Å²) >= 11 is 0. The van der Waals surface area contributed by atoms with Crippen molar-refractivity contribution in [1.82, 2.24) is 14.8 Å². The second kappa shape index (κ2) is 9.32. The molecule has 4 rings (SSSR count). The summed E-state index contributed by atoms with van der Waals surface area (Å²) in [6, 6.07) is 15.7. The van der Waals surface area contributed by atoms with Gasteiger partial charge in [0.15, 0.2) is 0 Å². The van der Waals surface area contributed by atoms with Crippen LogP contribution in [0.3, 0.4) is 0 Å². The van der Waals surface area contributed by atoms with Crippen LogP contribution in [0, 0.1) is 11.6 Å². The van der Waals surface area contributed by atoms with E-state index in [1.807, 2.05) is 12.1 Å². The van der Waals surface area contributed by atoms with Crippen LogP contribution < -0.4 is 0 Å². The van der Waals surface area contributed by atoms with Crippen LogP contribution in [-0.2, 0) is 6.54 Å². The Kier molecular flexibility index (Phi) is 6.34. The van der Waals surface area contributed by atoms with Crippen molar-refractivity contribution in [2.45, 2.75) is 12.6 Å². The lowest BCUT2D eigenvalue weighted by Crippen LogP contribution is -2.47. The van der Waals surface area contributed by atoms with Crippen LogP contribution in [0.5, 0.6) is 0 Å². The molecule has 1 saturated heterocycles. The van der Waals surface area contributed by atoms with E-state index in [1.54, 1.807) is 18.2 Å². The maximum Gasteiger partial charge on any atom is 0.335 e. The van der Waals surface area contributed by atoms with Crippen molar-refractivity contribution in [3.8, 4) is 0 Å². The van der Waals surface area contributed by atoms with E-state index in [0.717, 1.165) is 24.2 Å². The third-order valence-corrected chi connectivity index (χ3v) is 5.55. The average Bonchev–Trinajstić information content (AvgIpc) is 2.75. The van der Waals surface area contributed by atoms with Crippen LogP contribution in [0.15, 0.2) is 66.9 Å². The number of hydrogen-bond donors (Lipinski definition) is 1. The standard InChI is InChI=1S/C24H23F2N3O2/c25-20-5-1-3-17(13-20)23(18-4-2-6-21(26)14-18)29-11-9-28(10-12-29)16-22-15-19(24(30)31)7-8-27-22/h1-8,13-15,23H,9-12,16H2,(H,30,31). The van der Waals surface area contributed by atoms with Crippen molar-refractivity contribution in [1.29, 1.82) is 0 Å². The first-order chi connectivity index (χ1) is 15.0. The van der Waals surface area contributed by atoms with Gasteiger partial charge in [-0.3, -0.25) is 14.8 Å². The molecule has 1 fully saturated rings. The Morgan fingerprint density at radius 2 is 1.55 bits per heavy atom. The van der Waals surface area contributed by atoms with Crippen LogP contribution in [0.2, 0.25) is 0 Å². The molecule has 0 radical (unpaired) electrons. The van der Waals surface area contributed by atoms with E-state index in [-0.39, 0.29) is 23.2 Å². The summed E-state index contributed by atoms with van der Waals surface area (Å²) in [6.07, 6.45) is 1.51. The van der Waals surface area contributed by atoms with Gasteiger partial charge in [0.05, 0.1) is 17.3 Å². The minimum absolute atomic E-state index is 0.223. The number of aromatic nitrogens is 1. The lowest BCUT2D eigenvalue weighted by Gasteiger charge is -2.39. The first-order valence-corrected chi connectivity index (χ1v) is 10.1. The summed E-state index contributed by atoms with van der Waals surface area (Å²) in [4.78, 5) is 19.9. The van der Waals surface area contributed by atoms with E-state index in [2.05, 4.69) is 14.8 Å². The Balaban J connectivity index is 1.50. The van der Waals surface area contributed by atoms with E-state index in [0.29, 0.717) is 25.3 Å². The van der Waals surface area contributed by atoms with E-state index >= 15 is 0 Å². The molecule has 1 N–H and O–H groups in total. The highest BCUT2D eigenvalue weighted by Gasteiger charge is 2.27. The molecule has 0 aliphatic carbocycles. The Morgan fingerprint density at radius 3 is 2.10 bits per heavy atom. The van der Waals surface area contributed by atoms with Crippen LogP contribution in [0.1, 0.15) is 33.2 Å². The predicted molar refractivity (Wildman–Crippen MR) is 113 cm³/mol. The highest BCUT2D eigenvalue weighted by molar-refractivity contribution is 5.87. The van der Waals surface area contributed by atoms with Gasteiger partial charge in [0, 0.05) is 38.9 Å². The number of piperazine rings is 1. The summed E-state index contributed by atoms with van der Waals surface area (Å²) in [5.41, 5.74) is 2.51. The minimum Gasteiger partial charge on any atom is -0.478 e. The number of carboxylic acid groups (broad SMARTS) is 1. The molecule has 3 aromatic rings. The molecule has 2 heterocycles. The summed E-state index contributed by atoms with van der Waals surface area (Å²) in [5, 5.41) is 9.16. The topological polar surface area (TPSA) is 56.7 Å². The minimum atomic E-state index is -0.971. The molecule has 0 amide bonds. The maximum absolute atomic E-state index is 13.9. The molecular formula is C24H23F2N3O2. The Labute approximate surface area is 179 Å². The molecule has 1 aromatic heterocycles. The van der Waals surface area contributed by atoms with Crippen molar-refractivity contribution in [2.24, 2.45) is 0 Å². The molecule has 160 valence electrons. The zero-order valence-electron chi connectivity index (χ0n) is 16.9. The fourth-order valence-electron chi connectivity index (χ4n) is 4.07. The zero-order valence-corrected chi connectivity index (χ0v) is 16.9. The van der Waals surface area contributed by atoms with Gasteiger partial charge in [-0.15, -0.1) is 0 Å². The Morgan fingerprint density at radius 1 is 0.935 bits per heavy atom. The largest absolute Gasteiger partial charge is 0.478 e. The van der Waals surface area contributed by atoms with E-state index in [1.165, 1.54) is 36.5 Å². The molecule has 0 bridgehead atoms. The van der Waals surface area contributed by atoms with Gasteiger partial charge in [-0.25, -0.2) is 13.6 Å². The molecule has 2 aromatic carbocycles. The average molecular weight is 423 g/mol. The van der Waals surface area contributed by atoms with Crippen molar-refractivity contribution in [3.63, 3.8) is 0 Å². The molecule has 1 aliphatic heterocycles. The van der Waals surface area contributed by atoms with Gasteiger partial charge in [-0.05, 0) is 47.5 Å². The highest BCUT2D eigenvalue weighted by atomic mass is 19.1. The van der Waals surface area contributed by atoms with Crippen LogP contribution in [0.4, 0.5) is 8.78 Å². The van der Waals surface area contributed by atoms with Crippen LogP contribution >= 0.6 is 0 Å². The maximum atomic E-state index is 13.9. The van der Waals surface area contributed by atoms with Gasteiger partial charge >= 0.3 is 5.97 Å². The van der Waals surface area contributed by atoms with Gasteiger partial charge < -0.3 is 5.11 Å². The number of nitrogens with zero attached hydrogens (tertiary/aromatic N) is 3. The van der Waals surface area contributed by atoms with Gasteiger partial charge in [-0.1, -0.05) is 24.3 Å². The second-order valence-corrected chi connectivity index (χ2v) is 7.67. The molecule has 1 aliphatic rings. The van der Waals surface area contributed by atoms with Crippen LogP contribution in [-0.4, -0.2) is 52.0 Å². The van der Waals surface area contributed by atoms with Gasteiger partial charge in [-0.2, -0.15) is 0 Å². The van der Waals surface area contributed by atoms with Crippen molar-refractivity contribution < 1.29 is 18.7 Å². The van der Waals surface area contributed by atoms with Crippen molar-refractivity contribution in [3.05, 3.63) is 101 Å². The number of aromatic carboxylic acids is 1. The second-order valence-electron chi connectivity index (χ2n) is 7.67. The van der Waals surface area contributed by atoms with Crippen molar-refractivity contribution in [2.75, 3.05) is 26.2 Å². The number of carbonyl (C=O) groups is 1. The van der Waals surface area contributed by atoms with Crippen molar-refractivity contribution >= 4 is 5.97 Å². The smallest absolute Gasteiger partial charge is 0.335 e. The normalized spacial score (nSPS) is 15.3. The highest BCUT2D eigenvalue weighted by Crippen LogP contribution is 2.30. The van der Waals surface area contributed by atoms with Gasteiger partial charge in [0.1, 0.15) is 11.6 Å². The van der Waals surface area contributed by atoms with E-state index in [9.17, 15) is 13.6 Å². The lowest BCUT2D eigenvalue weighted by molar-refractivity contribution is 0.0696. The summed E-state index contributed by atoms with van der Waals surface area (Å²) in [6.45, 7) is 3.44. The monoisotopic (exact) mass is 423 g/mol. The number of rotatable bonds is 6. The van der Waals surface area contributed by atoms with Gasteiger partial charge in [0.2, 0.25) is 0 Å². The predicted octanol–water partition coefficient (Wildman–Crippen LogP) is 3.97. The molecule has 0 saturated carbocycles. The van der Waals surface area contributed by atoms with Gasteiger partial charge in [0.25, 0.3) is 0 Å². The first-order valence-electron chi connectivity index (χ1n) is 10.1. The number of halogens is 2. The molecular weight excluding hydrogens is 400 g/mol. The zero-order chi connectivity index (χ0) is 21.8. The molecule has 0 atom stereocenters.